The van der Waals surface area contributed by atoms with E-state index in [0.29, 0.717) is 24.6 Å². The zero-order chi connectivity index (χ0) is 15.5. The van der Waals surface area contributed by atoms with E-state index in [1.807, 2.05) is 0 Å². The summed E-state index contributed by atoms with van der Waals surface area (Å²) >= 11 is 0. The summed E-state index contributed by atoms with van der Waals surface area (Å²) in [6.07, 6.45) is 3.25. The van der Waals surface area contributed by atoms with Crippen molar-refractivity contribution in [3.05, 3.63) is 53.9 Å². The quantitative estimate of drug-likeness (QED) is 0.864. The Morgan fingerprint density at radius 2 is 1.86 bits per heavy atom. The number of benzene rings is 1. The van der Waals surface area contributed by atoms with Crippen molar-refractivity contribution < 1.29 is 13.6 Å². The second kappa shape index (κ2) is 6.05. The summed E-state index contributed by atoms with van der Waals surface area (Å²) in [5.74, 6) is -1.37. The minimum Gasteiger partial charge on any atom is -0.335 e. The maximum atomic E-state index is 13.2. The van der Waals surface area contributed by atoms with Gasteiger partial charge in [0.05, 0.1) is 0 Å². The molecule has 1 aromatic heterocycles. The van der Waals surface area contributed by atoms with E-state index in [1.165, 1.54) is 6.07 Å². The van der Waals surface area contributed by atoms with Crippen molar-refractivity contribution in [3.8, 4) is 0 Å². The van der Waals surface area contributed by atoms with Gasteiger partial charge in [0, 0.05) is 32.0 Å². The molecule has 0 bridgehead atoms. The SMILES string of the molecule is O=C1CN(c2ncccn2)CCN1Cc1ccc(F)c(F)c1. The Morgan fingerprint density at radius 3 is 2.55 bits per heavy atom. The van der Waals surface area contributed by atoms with Crippen molar-refractivity contribution in [3.63, 3.8) is 0 Å². The van der Waals surface area contributed by atoms with E-state index in [9.17, 15) is 13.6 Å². The number of nitrogens with zero attached hydrogens (tertiary/aromatic N) is 4. The molecule has 0 aliphatic carbocycles. The molecule has 1 aliphatic rings. The van der Waals surface area contributed by atoms with Crippen molar-refractivity contribution in [1.82, 2.24) is 14.9 Å². The molecule has 22 heavy (non-hydrogen) atoms. The predicted octanol–water partition coefficient (Wildman–Crippen LogP) is 1.60. The summed E-state index contributed by atoms with van der Waals surface area (Å²) in [6.45, 7) is 1.52. The zero-order valence-corrected chi connectivity index (χ0v) is 11.7. The molecule has 2 aromatic rings. The fraction of sp³-hybridized carbons (Fsp3) is 0.267. The average Bonchev–Trinajstić information content (AvgIpc) is 2.54. The van der Waals surface area contributed by atoms with Crippen LogP contribution in [0.15, 0.2) is 36.7 Å². The van der Waals surface area contributed by atoms with Crippen LogP contribution in [0.2, 0.25) is 0 Å². The van der Waals surface area contributed by atoms with Crippen LogP contribution in [0.4, 0.5) is 14.7 Å². The van der Waals surface area contributed by atoms with Gasteiger partial charge in [0.2, 0.25) is 11.9 Å². The Hall–Kier alpha value is -2.57. The molecule has 0 radical (unpaired) electrons. The van der Waals surface area contributed by atoms with Crippen molar-refractivity contribution in [2.24, 2.45) is 0 Å². The minimum atomic E-state index is -0.902. The van der Waals surface area contributed by atoms with Crippen molar-refractivity contribution in [1.29, 1.82) is 0 Å². The summed E-state index contributed by atoms with van der Waals surface area (Å²) in [7, 11) is 0. The zero-order valence-electron chi connectivity index (χ0n) is 11.7. The van der Waals surface area contributed by atoms with Gasteiger partial charge in [-0.1, -0.05) is 6.07 Å². The topological polar surface area (TPSA) is 49.3 Å². The average molecular weight is 304 g/mol. The van der Waals surface area contributed by atoms with E-state index < -0.39 is 11.6 Å². The van der Waals surface area contributed by atoms with Crippen LogP contribution >= 0.6 is 0 Å². The number of anilines is 1. The fourth-order valence-corrected chi connectivity index (χ4v) is 2.36. The van der Waals surface area contributed by atoms with E-state index in [4.69, 9.17) is 0 Å². The first kappa shape index (κ1) is 14.4. The summed E-state index contributed by atoms with van der Waals surface area (Å²) in [6, 6.07) is 5.39. The molecule has 1 fully saturated rings. The first-order valence-electron chi connectivity index (χ1n) is 6.87. The maximum absolute atomic E-state index is 13.2. The molecule has 114 valence electrons. The van der Waals surface area contributed by atoms with E-state index >= 15 is 0 Å². The highest BCUT2D eigenvalue weighted by molar-refractivity contribution is 5.82. The van der Waals surface area contributed by atoms with Crippen molar-refractivity contribution >= 4 is 11.9 Å². The molecule has 0 unspecified atom stereocenters. The molecule has 1 aromatic carbocycles. The summed E-state index contributed by atoms with van der Waals surface area (Å²) in [5, 5.41) is 0. The number of carbonyl (C=O) groups excluding carboxylic acids is 1. The third-order valence-corrected chi connectivity index (χ3v) is 3.51. The van der Waals surface area contributed by atoms with Gasteiger partial charge in [-0.15, -0.1) is 0 Å². The van der Waals surface area contributed by atoms with E-state index in [1.54, 1.807) is 28.3 Å². The standard InChI is InChI=1S/C15H14F2N4O/c16-12-3-2-11(8-13(12)17)9-20-6-7-21(10-14(20)22)15-18-4-1-5-19-15/h1-5,8H,6-7,9-10H2. The van der Waals surface area contributed by atoms with Gasteiger partial charge in [-0.2, -0.15) is 0 Å². The van der Waals surface area contributed by atoms with Crippen LogP contribution in [-0.2, 0) is 11.3 Å². The smallest absolute Gasteiger partial charge is 0.242 e. The monoisotopic (exact) mass is 304 g/mol. The van der Waals surface area contributed by atoms with Crippen LogP contribution in [0.5, 0.6) is 0 Å². The predicted molar refractivity (Wildman–Crippen MR) is 76.0 cm³/mol. The minimum absolute atomic E-state index is 0.0940. The van der Waals surface area contributed by atoms with Crippen molar-refractivity contribution in [2.45, 2.75) is 6.54 Å². The molecule has 1 amide bonds. The molecule has 1 saturated heterocycles. The largest absolute Gasteiger partial charge is 0.335 e. The van der Waals surface area contributed by atoms with Crippen LogP contribution in [0.3, 0.4) is 0 Å². The lowest BCUT2D eigenvalue weighted by Crippen LogP contribution is -2.50. The van der Waals surface area contributed by atoms with Gasteiger partial charge >= 0.3 is 0 Å². The summed E-state index contributed by atoms with van der Waals surface area (Å²) in [4.78, 5) is 23.8. The van der Waals surface area contributed by atoms with Gasteiger partial charge < -0.3 is 9.80 Å². The highest BCUT2D eigenvalue weighted by atomic mass is 19.2. The van der Waals surface area contributed by atoms with Crippen LogP contribution < -0.4 is 4.90 Å². The van der Waals surface area contributed by atoms with Crippen LogP contribution in [0, 0.1) is 11.6 Å². The lowest BCUT2D eigenvalue weighted by Gasteiger charge is -2.34. The normalized spacial score (nSPS) is 15.3. The Labute approximate surface area is 126 Å². The molecule has 2 heterocycles. The molecule has 0 saturated carbocycles. The molecule has 3 rings (SSSR count). The molecule has 0 spiro atoms. The fourth-order valence-electron chi connectivity index (χ4n) is 2.36. The maximum Gasteiger partial charge on any atom is 0.242 e. The summed E-state index contributed by atoms with van der Waals surface area (Å²) < 4.78 is 26.1. The number of hydrogen-bond donors (Lipinski definition) is 0. The van der Waals surface area contributed by atoms with Crippen molar-refractivity contribution in [2.75, 3.05) is 24.5 Å². The van der Waals surface area contributed by atoms with Crippen LogP contribution in [0.25, 0.3) is 0 Å². The van der Waals surface area contributed by atoms with Gasteiger partial charge in [-0.05, 0) is 23.8 Å². The number of aromatic nitrogens is 2. The highest BCUT2D eigenvalue weighted by Crippen LogP contribution is 2.15. The Bertz CT molecular complexity index is 680. The number of hydrogen-bond acceptors (Lipinski definition) is 4. The Kier molecular flexibility index (Phi) is 3.95. The number of piperazine rings is 1. The second-order valence-electron chi connectivity index (χ2n) is 5.03. The van der Waals surface area contributed by atoms with Gasteiger partial charge in [0.15, 0.2) is 11.6 Å². The van der Waals surface area contributed by atoms with Crippen LogP contribution in [-0.4, -0.2) is 40.4 Å². The molecular weight excluding hydrogens is 290 g/mol. The molecule has 0 N–H and O–H groups in total. The number of carbonyl (C=O) groups is 1. The summed E-state index contributed by atoms with van der Waals surface area (Å²) in [5.41, 5.74) is 0.566. The Balaban J connectivity index is 1.66. The molecule has 7 heteroatoms. The molecule has 0 atom stereocenters. The number of halogens is 2. The van der Waals surface area contributed by atoms with Gasteiger partial charge in [-0.25, -0.2) is 18.7 Å². The number of amides is 1. The van der Waals surface area contributed by atoms with E-state index in [0.717, 1.165) is 12.1 Å². The first-order chi connectivity index (χ1) is 10.6. The van der Waals surface area contributed by atoms with Gasteiger partial charge in [0.25, 0.3) is 0 Å². The van der Waals surface area contributed by atoms with Gasteiger partial charge in [-0.3, -0.25) is 4.79 Å². The third kappa shape index (κ3) is 3.03. The molecule has 1 aliphatic heterocycles. The lowest BCUT2D eigenvalue weighted by molar-refractivity contribution is -0.131. The highest BCUT2D eigenvalue weighted by Gasteiger charge is 2.25. The van der Waals surface area contributed by atoms with E-state index in [-0.39, 0.29) is 19.0 Å². The second-order valence-corrected chi connectivity index (χ2v) is 5.03. The van der Waals surface area contributed by atoms with Gasteiger partial charge in [0.1, 0.15) is 6.54 Å². The third-order valence-electron chi connectivity index (χ3n) is 3.51. The number of rotatable bonds is 3. The van der Waals surface area contributed by atoms with Crippen LogP contribution in [0.1, 0.15) is 5.56 Å². The Morgan fingerprint density at radius 1 is 1.09 bits per heavy atom. The molecule has 5 nitrogen and oxygen atoms in total. The molecular formula is C15H14F2N4O. The van der Waals surface area contributed by atoms with E-state index in [2.05, 4.69) is 9.97 Å². The first-order valence-corrected chi connectivity index (χ1v) is 6.87. The lowest BCUT2D eigenvalue weighted by atomic mass is 10.2.